The van der Waals surface area contributed by atoms with Gasteiger partial charge in [-0.25, -0.2) is 0 Å². The van der Waals surface area contributed by atoms with Crippen molar-refractivity contribution in [2.45, 2.75) is 116 Å². The van der Waals surface area contributed by atoms with Gasteiger partial charge >= 0.3 is 0 Å². The van der Waals surface area contributed by atoms with Crippen LogP contribution in [0.25, 0.3) is 5.57 Å². The zero-order valence-electron chi connectivity index (χ0n) is 25.8. The van der Waals surface area contributed by atoms with Crippen LogP contribution in [0.5, 0.6) is 5.75 Å². The van der Waals surface area contributed by atoms with Gasteiger partial charge < -0.3 is 14.2 Å². The van der Waals surface area contributed by atoms with Gasteiger partial charge in [0, 0.05) is 13.2 Å². The molecule has 0 amide bonds. The molecule has 1 saturated carbocycles. The third-order valence-electron chi connectivity index (χ3n) is 9.42. The van der Waals surface area contributed by atoms with Crippen LogP contribution in [-0.2, 0) is 9.47 Å². The molecule has 0 aromatic heterocycles. The van der Waals surface area contributed by atoms with Crippen LogP contribution in [0.1, 0.15) is 125 Å². The Labute approximate surface area is 249 Å². The van der Waals surface area contributed by atoms with Crippen molar-refractivity contribution < 1.29 is 14.2 Å². The summed E-state index contributed by atoms with van der Waals surface area (Å²) in [5, 5.41) is 0. The number of hydrogen-bond acceptors (Lipinski definition) is 3. The monoisotopic (exact) mass is 556 g/mol. The van der Waals surface area contributed by atoms with Gasteiger partial charge in [-0.3, -0.25) is 0 Å². The first-order valence-electron chi connectivity index (χ1n) is 16.4. The highest BCUT2D eigenvalue weighted by atomic mass is 16.7. The predicted molar refractivity (Wildman–Crippen MR) is 171 cm³/mol. The van der Waals surface area contributed by atoms with Crippen LogP contribution < -0.4 is 4.74 Å². The Morgan fingerprint density at radius 3 is 2.17 bits per heavy atom. The molecule has 1 heterocycles. The average Bonchev–Trinajstić information content (AvgIpc) is 3.00. The topological polar surface area (TPSA) is 27.7 Å². The van der Waals surface area contributed by atoms with Gasteiger partial charge in [-0.2, -0.15) is 0 Å². The van der Waals surface area contributed by atoms with Crippen molar-refractivity contribution in [3.8, 4) is 5.75 Å². The molecule has 5 rings (SSSR count). The van der Waals surface area contributed by atoms with E-state index in [9.17, 15) is 0 Å². The number of benzene rings is 2. The first-order chi connectivity index (χ1) is 20.0. The van der Waals surface area contributed by atoms with Gasteiger partial charge in [0.15, 0.2) is 6.29 Å². The Morgan fingerprint density at radius 2 is 1.51 bits per heavy atom. The van der Waals surface area contributed by atoms with Gasteiger partial charge in [-0.05, 0) is 135 Å². The zero-order chi connectivity index (χ0) is 28.5. The lowest BCUT2D eigenvalue weighted by molar-refractivity contribution is -0.162. The van der Waals surface area contributed by atoms with E-state index in [1.807, 2.05) is 0 Å². The lowest BCUT2D eigenvalue weighted by Crippen LogP contribution is -2.22. The summed E-state index contributed by atoms with van der Waals surface area (Å²) in [6.07, 6.45) is 21.4. The summed E-state index contributed by atoms with van der Waals surface area (Å²) in [5.41, 5.74) is 7.48. The van der Waals surface area contributed by atoms with E-state index >= 15 is 0 Å². The van der Waals surface area contributed by atoms with E-state index in [2.05, 4.69) is 81.5 Å². The summed E-state index contributed by atoms with van der Waals surface area (Å²) in [6, 6.07) is 16.2. The van der Waals surface area contributed by atoms with E-state index in [4.69, 9.17) is 14.2 Å². The van der Waals surface area contributed by atoms with Gasteiger partial charge in [-0.1, -0.05) is 68.8 Å². The lowest BCUT2D eigenvalue weighted by Gasteiger charge is -2.30. The van der Waals surface area contributed by atoms with Crippen molar-refractivity contribution in [3.05, 3.63) is 82.9 Å². The van der Waals surface area contributed by atoms with Crippen molar-refractivity contribution in [1.82, 2.24) is 0 Å². The molecule has 1 saturated heterocycles. The Balaban J connectivity index is 0.993. The normalized spacial score (nSPS) is 24.2. The smallest absolute Gasteiger partial charge is 0.157 e. The molecule has 3 heteroatoms. The second-order valence-electron chi connectivity index (χ2n) is 13.3. The highest BCUT2D eigenvalue weighted by Gasteiger charge is 2.24. The van der Waals surface area contributed by atoms with Crippen LogP contribution in [0.15, 0.2) is 60.7 Å². The molecule has 3 aliphatic rings. The van der Waals surface area contributed by atoms with Crippen molar-refractivity contribution in [2.24, 2.45) is 5.41 Å². The Bertz CT molecular complexity index is 1140. The molecule has 41 heavy (non-hydrogen) atoms. The summed E-state index contributed by atoms with van der Waals surface area (Å²) in [7, 11) is 0. The van der Waals surface area contributed by atoms with Gasteiger partial charge in [0.1, 0.15) is 5.75 Å². The Morgan fingerprint density at radius 1 is 0.805 bits per heavy atom. The minimum Gasteiger partial charge on any atom is -0.494 e. The van der Waals surface area contributed by atoms with Crippen LogP contribution in [-0.4, -0.2) is 26.1 Å². The van der Waals surface area contributed by atoms with E-state index in [0.717, 1.165) is 51.3 Å². The minimum atomic E-state index is 0.0435. The summed E-state index contributed by atoms with van der Waals surface area (Å²) in [4.78, 5) is 0. The first kappa shape index (κ1) is 30.1. The number of allylic oxidation sites excluding steroid dienone is 4. The van der Waals surface area contributed by atoms with Crippen LogP contribution in [0, 0.1) is 12.3 Å². The minimum absolute atomic E-state index is 0.0435. The molecule has 0 radical (unpaired) electrons. The van der Waals surface area contributed by atoms with Gasteiger partial charge in [-0.15, -0.1) is 0 Å². The SMILES string of the molecule is Cc1cc(C2CCC(c3ccc(OCCCCCCOC4CCCCO4)cc3)CC2)ccc1C1=CCC(C)(C)C=C1. The fourth-order valence-electron chi connectivity index (χ4n) is 6.69. The standard InChI is InChI=1S/C38H52O3/c1-29-28-34(17-20-36(29)33-21-23-38(2,3)24-22-33)32-13-11-30(12-14-32)31-15-18-35(19-16-31)39-25-7-4-5-8-26-40-37-10-6-9-27-41-37/h15-23,28,30,32,37H,4-14,24-27H2,1-3H3. The maximum absolute atomic E-state index is 6.04. The van der Waals surface area contributed by atoms with Gasteiger partial charge in [0.25, 0.3) is 0 Å². The molecule has 2 aromatic rings. The van der Waals surface area contributed by atoms with Crippen molar-refractivity contribution >= 4 is 5.57 Å². The predicted octanol–water partition coefficient (Wildman–Crippen LogP) is 10.3. The Kier molecular flexibility index (Phi) is 10.8. The van der Waals surface area contributed by atoms with E-state index in [-0.39, 0.29) is 11.7 Å². The third kappa shape index (κ3) is 8.82. The van der Waals surface area contributed by atoms with Crippen molar-refractivity contribution in [2.75, 3.05) is 19.8 Å². The fourth-order valence-corrected chi connectivity index (χ4v) is 6.69. The fraction of sp³-hybridized carbons (Fsp3) is 0.579. The Hall–Kier alpha value is -2.36. The van der Waals surface area contributed by atoms with E-state index in [0.29, 0.717) is 11.8 Å². The number of unbranched alkanes of at least 4 members (excludes halogenated alkanes) is 3. The van der Waals surface area contributed by atoms with Crippen molar-refractivity contribution in [3.63, 3.8) is 0 Å². The summed E-state index contributed by atoms with van der Waals surface area (Å²) in [6.45, 7) is 9.36. The molecule has 2 aliphatic carbocycles. The van der Waals surface area contributed by atoms with Crippen LogP contribution in [0.2, 0.25) is 0 Å². The highest BCUT2D eigenvalue weighted by molar-refractivity contribution is 5.77. The maximum atomic E-state index is 6.04. The molecule has 2 fully saturated rings. The highest BCUT2D eigenvalue weighted by Crippen LogP contribution is 2.42. The van der Waals surface area contributed by atoms with Gasteiger partial charge in [0.05, 0.1) is 6.61 Å². The van der Waals surface area contributed by atoms with Crippen LogP contribution in [0.4, 0.5) is 0 Å². The van der Waals surface area contributed by atoms with E-state index in [1.165, 1.54) is 79.2 Å². The first-order valence-corrected chi connectivity index (χ1v) is 16.4. The molecule has 1 atom stereocenters. The number of hydrogen-bond donors (Lipinski definition) is 0. The maximum Gasteiger partial charge on any atom is 0.157 e. The average molecular weight is 557 g/mol. The molecular formula is C38H52O3. The zero-order valence-corrected chi connectivity index (χ0v) is 25.8. The molecule has 222 valence electrons. The number of aryl methyl sites for hydroxylation is 1. The lowest BCUT2D eigenvalue weighted by atomic mass is 9.75. The van der Waals surface area contributed by atoms with E-state index < -0.39 is 0 Å². The second-order valence-corrected chi connectivity index (χ2v) is 13.3. The molecule has 0 spiro atoms. The molecule has 0 bridgehead atoms. The van der Waals surface area contributed by atoms with Crippen LogP contribution >= 0.6 is 0 Å². The number of rotatable bonds is 12. The van der Waals surface area contributed by atoms with Crippen LogP contribution in [0.3, 0.4) is 0 Å². The van der Waals surface area contributed by atoms with E-state index in [1.54, 1.807) is 0 Å². The molecular weight excluding hydrogens is 504 g/mol. The largest absolute Gasteiger partial charge is 0.494 e. The number of ether oxygens (including phenoxy) is 3. The summed E-state index contributed by atoms with van der Waals surface area (Å²) < 4.78 is 17.5. The third-order valence-corrected chi connectivity index (χ3v) is 9.42. The quantitative estimate of drug-likeness (QED) is 0.243. The molecule has 0 N–H and O–H groups in total. The molecule has 1 aliphatic heterocycles. The molecule has 2 aromatic carbocycles. The second kappa shape index (κ2) is 14.7. The van der Waals surface area contributed by atoms with Crippen molar-refractivity contribution in [1.29, 1.82) is 0 Å². The summed E-state index contributed by atoms with van der Waals surface area (Å²) >= 11 is 0. The van der Waals surface area contributed by atoms with Gasteiger partial charge in [0.2, 0.25) is 0 Å². The molecule has 1 unspecified atom stereocenters. The molecule has 3 nitrogen and oxygen atoms in total. The summed E-state index contributed by atoms with van der Waals surface area (Å²) in [5.74, 6) is 2.36.